The molecule has 96 valence electrons. The van der Waals surface area contributed by atoms with Crippen molar-refractivity contribution in [1.29, 1.82) is 0 Å². The van der Waals surface area contributed by atoms with Crippen molar-refractivity contribution in [2.24, 2.45) is 5.92 Å². The summed E-state index contributed by atoms with van der Waals surface area (Å²) in [7, 11) is 4.34. The van der Waals surface area contributed by atoms with Crippen molar-refractivity contribution in [3.8, 4) is 0 Å². The first-order valence-corrected chi connectivity index (χ1v) is 5.49. The lowest BCUT2D eigenvalue weighted by Gasteiger charge is -2.13. The highest BCUT2D eigenvalue weighted by molar-refractivity contribution is 5.98. The van der Waals surface area contributed by atoms with Crippen LogP contribution in [0.4, 0.5) is 0 Å². The lowest BCUT2D eigenvalue weighted by molar-refractivity contribution is -0.141. The van der Waals surface area contributed by atoms with Crippen LogP contribution in [0.25, 0.3) is 0 Å². The number of ketones is 1. The molecule has 1 atom stereocenters. The van der Waals surface area contributed by atoms with Crippen LogP contribution in [0, 0.1) is 5.92 Å². The van der Waals surface area contributed by atoms with E-state index in [1.165, 1.54) is 21.3 Å². The number of hydrogen-bond acceptors (Lipinski definition) is 5. The Kier molecular flexibility index (Phi) is 5.31. The number of carbonyl (C=O) groups is 2. The molecule has 1 fully saturated rings. The van der Waals surface area contributed by atoms with Crippen LogP contribution in [-0.2, 0) is 23.8 Å². The normalized spacial score (nSPS) is 22.5. The fraction of sp³-hybridized carbons (Fsp3) is 0.667. The molecule has 0 aliphatic heterocycles. The Morgan fingerprint density at radius 2 is 2.06 bits per heavy atom. The molecule has 1 aliphatic rings. The summed E-state index contributed by atoms with van der Waals surface area (Å²) in [5.74, 6) is -0.331. The van der Waals surface area contributed by atoms with Gasteiger partial charge in [0.2, 0.25) is 0 Å². The number of allylic oxidation sites excluding steroid dienone is 1. The summed E-state index contributed by atoms with van der Waals surface area (Å²) >= 11 is 0. The summed E-state index contributed by atoms with van der Waals surface area (Å²) < 4.78 is 14.7. The van der Waals surface area contributed by atoms with Crippen molar-refractivity contribution in [2.45, 2.75) is 25.6 Å². The monoisotopic (exact) mass is 242 g/mol. The van der Waals surface area contributed by atoms with Gasteiger partial charge in [0.25, 0.3) is 0 Å². The van der Waals surface area contributed by atoms with Gasteiger partial charge in [-0.15, -0.1) is 0 Å². The third-order valence-corrected chi connectivity index (χ3v) is 2.90. The molecule has 0 amide bonds. The topological polar surface area (TPSA) is 61.8 Å². The molecule has 0 bridgehead atoms. The van der Waals surface area contributed by atoms with E-state index in [4.69, 9.17) is 9.47 Å². The van der Waals surface area contributed by atoms with Gasteiger partial charge in [-0.2, -0.15) is 0 Å². The fourth-order valence-electron chi connectivity index (χ4n) is 1.94. The summed E-state index contributed by atoms with van der Waals surface area (Å²) in [5, 5.41) is 0. The third kappa shape index (κ3) is 3.64. The van der Waals surface area contributed by atoms with Gasteiger partial charge in [0, 0.05) is 20.6 Å². The van der Waals surface area contributed by atoms with E-state index in [2.05, 4.69) is 4.74 Å². The zero-order chi connectivity index (χ0) is 12.8. The molecular formula is C12H18O5. The first-order chi connectivity index (χ1) is 8.12. The predicted molar refractivity (Wildman–Crippen MR) is 60.3 cm³/mol. The Hall–Kier alpha value is -1.20. The van der Waals surface area contributed by atoms with Gasteiger partial charge < -0.3 is 14.2 Å². The standard InChI is InChI=1S/C12H18O5/c1-15-11(14)6-8-4-5-10(13)9(8)7-12(16-2)17-3/h7-8,12H,4-6H2,1-3H3/b9-7+. The van der Waals surface area contributed by atoms with Crippen LogP contribution < -0.4 is 0 Å². The van der Waals surface area contributed by atoms with Crippen LogP contribution in [0.2, 0.25) is 0 Å². The van der Waals surface area contributed by atoms with Crippen molar-refractivity contribution in [3.05, 3.63) is 11.6 Å². The van der Waals surface area contributed by atoms with E-state index in [1.54, 1.807) is 6.08 Å². The maximum Gasteiger partial charge on any atom is 0.306 e. The van der Waals surface area contributed by atoms with Gasteiger partial charge in [-0.1, -0.05) is 0 Å². The van der Waals surface area contributed by atoms with Crippen molar-refractivity contribution in [2.75, 3.05) is 21.3 Å². The smallest absolute Gasteiger partial charge is 0.306 e. The van der Waals surface area contributed by atoms with Crippen molar-refractivity contribution in [1.82, 2.24) is 0 Å². The third-order valence-electron chi connectivity index (χ3n) is 2.90. The molecule has 0 aromatic rings. The Morgan fingerprint density at radius 3 is 2.59 bits per heavy atom. The van der Waals surface area contributed by atoms with E-state index < -0.39 is 6.29 Å². The number of methoxy groups -OCH3 is 3. The number of carbonyl (C=O) groups excluding carboxylic acids is 2. The molecule has 0 aromatic heterocycles. The van der Waals surface area contributed by atoms with Gasteiger partial charge in [0.05, 0.1) is 13.5 Å². The second-order valence-corrected chi connectivity index (χ2v) is 3.90. The molecule has 0 radical (unpaired) electrons. The van der Waals surface area contributed by atoms with E-state index in [1.807, 2.05) is 0 Å². The average molecular weight is 242 g/mol. The SMILES string of the molecule is COC(=O)CC1CCC(=O)/C1=C/C(OC)OC. The molecule has 1 unspecified atom stereocenters. The molecule has 0 N–H and O–H groups in total. The highest BCUT2D eigenvalue weighted by atomic mass is 16.7. The van der Waals surface area contributed by atoms with Gasteiger partial charge >= 0.3 is 5.97 Å². The zero-order valence-corrected chi connectivity index (χ0v) is 10.4. The Labute approximate surface area is 101 Å². The quantitative estimate of drug-likeness (QED) is 0.410. The minimum Gasteiger partial charge on any atom is -0.469 e. The average Bonchev–Trinajstić information content (AvgIpc) is 2.67. The molecule has 0 spiro atoms. The minimum atomic E-state index is -0.549. The molecule has 0 heterocycles. The van der Waals surface area contributed by atoms with Crippen molar-refractivity contribution in [3.63, 3.8) is 0 Å². The highest BCUT2D eigenvalue weighted by Gasteiger charge is 2.31. The molecule has 0 saturated heterocycles. The number of ether oxygens (including phenoxy) is 3. The Bertz CT molecular complexity index is 317. The minimum absolute atomic E-state index is 0.0537. The van der Waals surface area contributed by atoms with Gasteiger partial charge in [0.15, 0.2) is 12.1 Å². The van der Waals surface area contributed by atoms with Gasteiger partial charge in [-0.3, -0.25) is 9.59 Å². The van der Waals surface area contributed by atoms with Crippen LogP contribution in [0.5, 0.6) is 0 Å². The second-order valence-electron chi connectivity index (χ2n) is 3.90. The molecular weight excluding hydrogens is 224 g/mol. The van der Waals surface area contributed by atoms with Crippen LogP contribution in [0.1, 0.15) is 19.3 Å². The number of rotatable bonds is 5. The van der Waals surface area contributed by atoms with Crippen LogP contribution >= 0.6 is 0 Å². The molecule has 0 aromatic carbocycles. The summed E-state index contributed by atoms with van der Waals surface area (Å²) in [6.07, 6.45) is 2.47. The van der Waals surface area contributed by atoms with Crippen LogP contribution in [-0.4, -0.2) is 39.4 Å². The van der Waals surface area contributed by atoms with Gasteiger partial charge in [0.1, 0.15) is 0 Å². The molecule has 1 aliphatic carbocycles. The predicted octanol–water partition coefficient (Wildman–Crippen LogP) is 1.07. The van der Waals surface area contributed by atoms with Crippen LogP contribution in [0.3, 0.4) is 0 Å². The zero-order valence-electron chi connectivity index (χ0n) is 10.4. The van der Waals surface area contributed by atoms with E-state index >= 15 is 0 Å². The molecule has 17 heavy (non-hydrogen) atoms. The second kappa shape index (κ2) is 6.51. The van der Waals surface area contributed by atoms with E-state index in [9.17, 15) is 9.59 Å². The van der Waals surface area contributed by atoms with E-state index in [0.717, 1.165) is 0 Å². The van der Waals surface area contributed by atoms with E-state index in [-0.39, 0.29) is 24.1 Å². The molecule has 1 rings (SSSR count). The maximum absolute atomic E-state index is 11.7. The van der Waals surface area contributed by atoms with Gasteiger partial charge in [-0.25, -0.2) is 0 Å². The van der Waals surface area contributed by atoms with Crippen molar-refractivity contribution >= 4 is 11.8 Å². The Morgan fingerprint density at radius 1 is 1.41 bits per heavy atom. The van der Waals surface area contributed by atoms with Crippen LogP contribution in [0.15, 0.2) is 11.6 Å². The number of hydrogen-bond donors (Lipinski definition) is 0. The Balaban J connectivity index is 2.77. The lowest BCUT2D eigenvalue weighted by Crippen LogP contribution is -2.15. The highest BCUT2D eigenvalue weighted by Crippen LogP contribution is 2.31. The van der Waals surface area contributed by atoms with Gasteiger partial charge in [-0.05, 0) is 24.0 Å². The number of Topliss-reactive ketones (excluding diaryl/α,β-unsaturated/α-hetero) is 1. The van der Waals surface area contributed by atoms with E-state index in [0.29, 0.717) is 18.4 Å². The lowest BCUT2D eigenvalue weighted by atomic mass is 9.98. The number of esters is 1. The molecule has 5 nitrogen and oxygen atoms in total. The largest absolute Gasteiger partial charge is 0.469 e. The summed E-state index contributed by atoms with van der Waals surface area (Å²) in [5.41, 5.74) is 0.615. The fourth-order valence-corrected chi connectivity index (χ4v) is 1.94. The summed E-state index contributed by atoms with van der Waals surface area (Å²) in [6, 6.07) is 0. The van der Waals surface area contributed by atoms with Crippen molar-refractivity contribution < 1.29 is 23.8 Å². The summed E-state index contributed by atoms with van der Waals surface area (Å²) in [4.78, 5) is 22.9. The first-order valence-electron chi connectivity index (χ1n) is 5.49. The first kappa shape index (κ1) is 13.9. The maximum atomic E-state index is 11.7. The molecule has 1 saturated carbocycles. The summed E-state index contributed by atoms with van der Waals surface area (Å²) in [6.45, 7) is 0. The molecule has 5 heteroatoms.